The third-order valence-electron chi connectivity index (χ3n) is 3.76. The fourth-order valence-electron chi connectivity index (χ4n) is 2.73. The van der Waals surface area contributed by atoms with Crippen LogP contribution < -0.4 is 5.73 Å². The molecular weight excluding hydrogens is 271 g/mol. The molecule has 2 nitrogen and oxygen atoms in total. The number of rotatable bonds is 4. The van der Waals surface area contributed by atoms with Gasteiger partial charge in [-0.25, -0.2) is 4.39 Å². The van der Waals surface area contributed by atoms with Crippen molar-refractivity contribution in [3.63, 3.8) is 0 Å². The molecule has 1 aliphatic rings. The maximum Gasteiger partial charge on any atom is 0.124 e. The Morgan fingerprint density at radius 3 is 3.10 bits per heavy atom. The number of halogens is 1. The summed E-state index contributed by atoms with van der Waals surface area (Å²) in [7, 11) is 0. The second-order valence-electron chi connectivity index (χ2n) is 5.13. The van der Waals surface area contributed by atoms with Crippen molar-refractivity contribution in [1.82, 2.24) is 4.98 Å². The van der Waals surface area contributed by atoms with Crippen molar-refractivity contribution >= 4 is 11.8 Å². The first kappa shape index (κ1) is 13.6. The zero-order valence-corrected chi connectivity index (χ0v) is 11.9. The summed E-state index contributed by atoms with van der Waals surface area (Å²) in [4.78, 5) is 5.41. The van der Waals surface area contributed by atoms with E-state index in [0.29, 0.717) is 5.92 Å². The van der Waals surface area contributed by atoms with Gasteiger partial charge in [0.2, 0.25) is 0 Å². The van der Waals surface area contributed by atoms with Crippen LogP contribution in [-0.4, -0.2) is 16.8 Å². The van der Waals surface area contributed by atoms with Crippen molar-refractivity contribution in [3.05, 3.63) is 59.7 Å². The first-order valence-corrected chi connectivity index (χ1v) is 7.80. The Bertz CT molecular complexity index is 603. The summed E-state index contributed by atoms with van der Waals surface area (Å²) in [5, 5.41) is 0. The molecule has 0 spiro atoms. The Labute approximate surface area is 122 Å². The molecule has 3 rings (SSSR count). The highest BCUT2D eigenvalue weighted by atomic mass is 32.2. The highest BCUT2D eigenvalue weighted by Gasteiger charge is 2.28. The normalized spacial score (nSPS) is 18.8. The molecule has 0 radical (unpaired) electrons. The molecule has 0 fully saturated rings. The van der Waals surface area contributed by atoms with E-state index in [1.807, 2.05) is 18.3 Å². The summed E-state index contributed by atoms with van der Waals surface area (Å²) in [5.41, 5.74) is 8.80. The molecule has 0 saturated carbocycles. The van der Waals surface area contributed by atoms with Crippen molar-refractivity contribution < 1.29 is 4.39 Å². The van der Waals surface area contributed by atoms with Crippen molar-refractivity contribution in [1.29, 1.82) is 0 Å². The molecule has 0 amide bonds. The molecule has 2 atom stereocenters. The molecule has 1 aromatic heterocycles. The fraction of sp³-hybridized carbons (Fsp3) is 0.312. The van der Waals surface area contributed by atoms with Gasteiger partial charge < -0.3 is 5.73 Å². The van der Waals surface area contributed by atoms with Crippen LogP contribution in [0.2, 0.25) is 0 Å². The zero-order valence-electron chi connectivity index (χ0n) is 11.1. The predicted octanol–water partition coefficient (Wildman–Crippen LogP) is 3.37. The Morgan fingerprint density at radius 2 is 2.25 bits per heavy atom. The molecule has 1 aromatic carbocycles. The number of hydrogen-bond donors (Lipinski definition) is 1. The quantitative estimate of drug-likeness (QED) is 0.877. The Balaban J connectivity index is 1.65. The molecule has 104 valence electrons. The van der Waals surface area contributed by atoms with Crippen LogP contribution in [0.25, 0.3) is 0 Å². The Kier molecular flexibility index (Phi) is 4.03. The van der Waals surface area contributed by atoms with E-state index in [2.05, 4.69) is 11.1 Å². The maximum atomic E-state index is 13.1. The largest absolute Gasteiger partial charge is 0.326 e. The number of pyridine rings is 1. The molecular formula is C16H17FN2S. The van der Waals surface area contributed by atoms with Crippen LogP contribution in [-0.2, 0) is 6.42 Å². The lowest BCUT2D eigenvalue weighted by atomic mass is 9.99. The van der Waals surface area contributed by atoms with Gasteiger partial charge in [-0.15, -0.1) is 11.8 Å². The molecule has 0 aliphatic heterocycles. The van der Waals surface area contributed by atoms with E-state index in [4.69, 9.17) is 5.73 Å². The molecule has 2 unspecified atom stereocenters. The molecule has 2 aromatic rings. The number of benzene rings is 1. The predicted molar refractivity (Wildman–Crippen MR) is 80.4 cm³/mol. The molecule has 2 N–H and O–H groups in total. The van der Waals surface area contributed by atoms with Crippen molar-refractivity contribution in [2.24, 2.45) is 5.73 Å². The second kappa shape index (κ2) is 5.94. The average molecular weight is 288 g/mol. The summed E-state index contributed by atoms with van der Waals surface area (Å²) in [6.45, 7) is 0. The van der Waals surface area contributed by atoms with Crippen LogP contribution in [0.1, 0.15) is 23.6 Å². The lowest BCUT2D eigenvalue weighted by molar-refractivity contribution is 0.561. The van der Waals surface area contributed by atoms with Gasteiger partial charge in [-0.3, -0.25) is 4.98 Å². The Hall–Kier alpha value is -1.39. The standard InChI is InChI=1S/C16H17FN2S/c17-12-4-1-5-13(9-12)20-10-15(18)14-7-6-11-3-2-8-19-16(11)14/h1-5,8-9,14-15H,6-7,10,18H2. The van der Waals surface area contributed by atoms with E-state index in [9.17, 15) is 4.39 Å². The van der Waals surface area contributed by atoms with Crippen LogP contribution in [0.3, 0.4) is 0 Å². The smallest absolute Gasteiger partial charge is 0.124 e. The van der Waals surface area contributed by atoms with Crippen molar-refractivity contribution in [2.75, 3.05) is 5.75 Å². The molecule has 0 saturated heterocycles. The summed E-state index contributed by atoms with van der Waals surface area (Å²) in [5.74, 6) is 0.910. The van der Waals surface area contributed by atoms with Gasteiger partial charge in [0.25, 0.3) is 0 Å². The Morgan fingerprint density at radius 1 is 1.35 bits per heavy atom. The van der Waals surface area contributed by atoms with E-state index in [1.54, 1.807) is 23.9 Å². The fourth-order valence-corrected chi connectivity index (χ4v) is 3.71. The second-order valence-corrected chi connectivity index (χ2v) is 6.22. The monoisotopic (exact) mass is 288 g/mol. The molecule has 1 aliphatic carbocycles. The lowest BCUT2D eigenvalue weighted by Gasteiger charge is -2.19. The van der Waals surface area contributed by atoms with Gasteiger partial charge in [-0.2, -0.15) is 0 Å². The summed E-state index contributed by atoms with van der Waals surface area (Å²) in [6, 6.07) is 10.8. The maximum absolute atomic E-state index is 13.1. The highest BCUT2D eigenvalue weighted by molar-refractivity contribution is 7.99. The van der Waals surface area contributed by atoms with Crippen LogP contribution in [0, 0.1) is 5.82 Å². The van der Waals surface area contributed by atoms with Crippen molar-refractivity contribution in [2.45, 2.75) is 29.7 Å². The minimum Gasteiger partial charge on any atom is -0.326 e. The third kappa shape index (κ3) is 2.86. The van der Waals surface area contributed by atoms with Gasteiger partial charge in [0.1, 0.15) is 5.82 Å². The number of nitrogens with zero attached hydrogens (tertiary/aromatic N) is 1. The van der Waals surface area contributed by atoms with Gasteiger partial charge in [0, 0.05) is 34.5 Å². The van der Waals surface area contributed by atoms with E-state index >= 15 is 0 Å². The molecule has 1 heterocycles. The van der Waals surface area contributed by atoms with Gasteiger partial charge >= 0.3 is 0 Å². The molecule has 0 bridgehead atoms. The zero-order chi connectivity index (χ0) is 13.9. The average Bonchev–Trinajstić information content (AvgIpc) is 2.89. The first-order chi connectivity index (χ1) is 9.74. The minimum atomic E-state index is -0.198. The van der Waals surface area contributed by atoms with Gasteiger partial charge in [0.15, 0.2) is 0 Å². The molecule has 4 heteroatoms. The minimum absolute atomic E-state index is 0.0550. The number of thioether (sulfide) groups is 1. The van der Waals surface area contributed by atoms with E-state index in [-0.39, 0.29) is 11.9 Å². The number of hydrogen-bond acceptors (Lipinski definition) is 3. The summed E-state index contributed by atoms with van der Waals surface area (Å²) >= 11 is 1.61. The number of nitrogens with two attached hydrogens (primary N) is 1. The first-order valence-electron chi connectivity index (χ1n) is 6.82. The summed E-state index contributed by atoms with van der Waals surface area (Å²) in [6.07, 6.45) is 3.97. The van der Waals surface area contributed by atoms with Crippen molar-refractivity contribution in [3.8, 4) is 0 Å². The third-order valence-corrected chi connectivity index (χ3v) is 4.90. The van der Waals surface area contributed by atoms with Gasteiger partial charge in [0.05, 0.1) is 0 Å². The van der Waals surface area contributed by atoms with Crippen LogP contribution in [0.4, 0.5) is 4.39 Å². The van der Waals surface area contributed by atoms with Crippen LogP contribution >= 0.6 is 11.8 Å². The molecule has 20 heavy (non-hydrogen) atoms. The summed E-state index contributed by atoms with van der Waals surface area (Å²) < 4.78 is 13.1. The van der Waals surface area contributed by atoms with Crippen LogP contribution in [0.15, 0.2) is 47.5 Å². The topological polar surface area (TPSA) is 38.9 Å². The van der Waals surface area contributed by atoms with E-state index < -0.39 is 0 Å². The highest BCUT2D eigenvalue weighted by Crippen LogP contribution is 2.34. The lowest BCUT2D eigenvalue weighted by Crippen LogP contribution is -2.30. The van der Waals surface area contributed by atoms with E-state index in [1.165, 1.54) is 11.6 Å². The number of aromatic nitrogens is 1. The number of fused-ring (bicyclic) bond motifs is 1. The number of aryl methyl sites for hydroxylation is 1. The SMILES string of the molecule is NC(CSc1cccc(F)c1)C1CCc2cccnc21. The van der Waals surface area contributed by atoms with Gasteiger partial charge in [-0.05, 0) is 42.7 Å². The van der Waals surface area contributed by atoms with E-state index in [0.717, 1.165) is 29.2 Å². The van der Waals surface area contributed by atoms with Gasteiger partial charge in [-0.1, -0.05) is 12.1 Å². The van der Waals surface area contributed by atoms with Crippen LogP contribution in [0.5, 0.6) is 0 Å².